The third kappa shape index (κ3) is 1.14. The molecule has 0 aliphatic heterocycles. The summed E-state index contributed by atoms with van der Waals surface area (Å²) in [4.78, 5) is 9.70. The van der Waals surface area contributed by atoms with Crippen LogP contribution in [0, 0.1) is 17.0 Å². The fraction of sp³-hybridized carbons (Fsp3) is 0.400. The van der Waals surface area contributed by atoms with Crippen molar-refractivity contribution in [2.75, 3.05) is 7.11 Å². The largest absolute Gasteiger partial charge is 0.462 e. The van der Waals surface area contributed by atoms with Gasteiger partial charge in [0.1, 0.15) is 0 Å². The lowest BCUT2D eigenvalue weighted by Crippen LogP contribution is -1.91. The fourth-order valence-electron chi connectivity index (χ4n) is 0.685. The molecule has 60 valence electrons. The zero-order valence-electron chi connectivity index (χ0n) is 6.03. The molecule has 6 nitrogen and oxygen atoms in total. The average molecular weight is 158 g/mol. The first-order chi connectivity index (χ1) is 5.16. The molecule has 0 spiro atoms. The third-order valence-electron chi connectivity index (χ3n) is 1.17. The van der Waals surface area contributed by atoms with Gasteiger partial charge in [0.25, 0.3) is 0 Å². The van der Waals surface area contributed by atoms with Crippen LogP contribution < -0.4 is 4.74 Å². The quantitative estimate of drug-likeness (QED) is 0.472. The Balaban J connectivity index is 3.17. The first kappa shape index (κ1) is 7.52. The second kappa shape index (κ2) is 2.57. The van der Waals surface area contributed by atoms with Crippen molar-refractivity contribution < 1.29 is 14.2 Å². The van der Waals surface area contributed by atoms with E-state index in [-0.39, 0.29) is 17.3 Å². The number of hydrogen-bond donors (Lipinski definition) is 0. The predicted molar refractivity (Wildman–Crippen MR) is 34.4 cm³/mol. The Morgan fingerprint density at radius 1 is 1.73 bits per heavy atom. The highest BCUT2D eigenvalue weighted by Crippen LogP contribution is 2.29. The fourth-order valence-corrected chi connectivity index (χ4v) is 0.685. The first-order valence-electron chi connectivity index (χ1n) is 2.81. The number of ether oxygens (including phenoxy) is 1. The summed E-state index contributed by atoms with van der Waals surface area (Å²) in [7, 11) is 1.28. The Hall–Kier alpha value is -1.59. The summed E-state index contributed by atoms with van der Waals surface area (Å²) in [6, 6.07) is 0. The van der Waals surface area contributed by atoms with Gasteiger partial charge in [0, 0.05) is 0 Å². The minimum atomic E-state index is -0.593. The first-order valence-corrected chi connectivity index (χ1v) is 2.81. The second-order valence-corrected chi connectivity index (χ2v) is 1.87. The highest BCUT2D eigenvalue weighted by molar-refractivity contribution is 5.41. The number of methoxy groups -OCH3 is 1. The molecular weight excluding hydrogens is 152 g/mol. The summed E-state index contributed by atoms with van der Waals surface area (Å²) >= 11 is 0. The van der Waals surface area contributed by atoms with Crippen molar-refractivity contribution in [2.24, 2.45) is 0 Å². The molecule has 0 fully saturated rings. The van der Waals surface area contributed by atoms with Gasteiger partial charge >= 0.3 is 11.6 Å². The monoisotopic (exact) mass is 158 g/mol. The minimum Gasteiger partial charge on any atom is -0.462 e. The zero-order chi connectivity index (χ0) is 8.43. The Kier molecular flexibility index (Phi) is 1.75. The molecule has 0 amide bonds. The highest BCUT2D eigenvalue weighted by atomic mass is 16.7. The molecule has 0 unspecified atom stereocenters. The van der Waals surface area contributed by atoms with Crippen molar-refractivity contribution in [1.29, 1.82) is 0 Å². The van der Waals surface area contributed by atoms with E-state index >= 15 is 0 Å². The van der Waals surface area contributed by atoms with Crippen LogP contribution in [0.3, 0.4) is 0 Å². The molecule has 0 radical (unpaired) electrons. The number of nitro groups is 1. The van der Waals surface area contributed by atoms with Crippen molar-refractivity contribution in [3.63, 3.8) is 0 Å². The van der Waals surface area contributed by atoms with Gasteiger partial charge in [-0.15, -0.1) is 0 Å². The topological polar surface area (TPSA) is 78.4 Å². The summed E-state index contributed by atoms with van der Waals surface area (Å²) in [5.41, 5.74) is -0.000602. The number of hydrogen-bond acceptors (Lipinski definition) is 5. The van der Waals surface area contributed by atoms with Crippen LogP contribution in [0.15, 0.2) is 4.52 Å². The van der Waals surface area contributed by atoms with Gasteiger partial charge in [-0.05, 0) is 6.92 Å². The third-order valence-corrected chi connectivity index (χ3v) is 1.17. The van der Waals surface area contributed by atoms with Gasteiger partial charge in [-0.2, -0.15) is 0 Å². The normalized spacial score (nSPS) is 9.64. The van der Waals surface area contributed by atoms with Gasteiger partial charge in [0.15, 0.2) is 5.69 Å². The maximum absolute atomic E-state index is 10.3. The van der Waals surface area contributed by atoms with E-state index in [2.05, 4.69) is 14.4 Å². The molecule has 1 aromatic heterocycles. The Labute approximate surface area is 61.9 Å². The summed E-state index contributed by atoms with van der Waals surface area (Å²) in [6.07, 6.45) is 0. The molecular formula is C5H6N2O4. The molecule has 6 heteroatoms. The van der Waals surface area contributed by atoms with Crippen LogP contribution in [0.1, 0.15) is 5.69 Å². The van der Waals surface area contributed by atoms with Gasteiger partial charge in [0.2, 0.25) is 0 Å². The van der Waals surface area contributed by atoms with Crippen LogP contribution in [0.5, 0.6) is 5.95 Å². The molecule has 0 aliphatic rings. The van der Waals surface area contributed by atoms with E-state index in [9.17, 15) is 10.1 Å². The molecule has 0 atom stereocenters. The van der Waals surface area contributed by atoms with E-state index in [0.29, 0.717) is 0 Å². The number of rotatable bonds is 2. The van der Waals surface area contributed by atoms with Crippen molar-refractivity contribution in [3.05, 3.63) is 15.8 Å². The number of aromatic nitrogens is 1. The lowest BCUT2D eigenvalue weighted by Gasteiger charge is -1.89. The van der Waals surface area contributed by atoms with Crippen LogP contribution in [-0.2, 0) is 0 Å². The van der Waals surface area contributed by atoms with Gasteiger partial charge in [-0.25, -0.2) is 0 Å². The predicted octanol–water partition coefficient (Wildman–Crippen LogP) is 0.900. The molecule has 0 saturated carbocycles. The summed E-state index contributed by atoms with van der Waals surface area (Å²) in [5.74, 6) is -0.160. The molecule has 1 heterocycles. The van der Waals surface area contributed by atoms with E-state index in [4.69, 9.17) is 0 Å². The van der Waals surface area contributed by atoms with Gasteiger partial charge in [-0.3, -0.25) is 10.1 Å². The van der Waals surface area contributed by atoms with Crippen LogP contribution in [0.4, 0.5) is 5.69 Å². The summed E-state index contributed by atoms with van der Waals surface area (Å²) in [5, 5.41) is 13.7. The standard InChI is InChI=1S/C5H6N2O4/c1-3-4(7(8)9)5(10-2)11-6-3/h1-2H3. The Morgan fingerprint density at radius 2 is 2.36 bits per heavy atom. The molecule has 0 saturated heterocycles. The molecule has 0 N–H and O–H groups in total. The molecule has 1 aromatic rings. The maximum atomic E-state index is 10.3. The van der Waals surface area contributed by atoms with Crippen molar-refractivity contribution in [3.8, 4) is 5.95 Å². The van der Waals surface area contributed by atoms with Gasteiger partial charge in [0.05, 0.1) is 12.0 Å². The van der Waals surface area contributed by atoms with Crippen LogP contribution in [-0.4, -0.2) is 17.2 Å². The van der Waals surface area contributed by atoms with Crippen molar-refractivity contribution in [2.45, 2.75) is 6.92 Å². The molecule has 0 aliphatic carbocycles. The number of aryl methyl sites for hydroxylation is 1. The number of nitrogens with zero attached hydrogens (tertiary/aromatic N) is 2. The van der Waals surface area contributed by atoms with Crippen LogP contribution in [0.25, 0.3) is 0 Å². The molecule has 11 heavy (non-hydrogen) atoms. The lowest BCUT2D eigenvalue weighted by molar-refractivity contribution is -0.386. The summed E-state index contributed by atoms with van der Waals surface area (Å²) in [6.45, 7) is 1.48. The average Bonchev–Trinajstić information content (AvgIpc) is 2.30. The zero-order valence-corrected chi connectivity index (χ0v) is 6.03. The van der Waals surface area contributed by atoms with Gasteiger partial charge < -0.3 is 9.26 Å². The van der Waals surface area contributed by atoms with E-state index in [1.165, 1.54) is 14.0 Å². The molecule has 1 rings (SSSR count). The van der Waals surface area contributed by atoms with E-state index < -0.39 is 4.92 Å². The van der Waals surface area contributed by atoms with Crippen molar-refractivity contribution in [1.82, 2.24) is 5.16 Å². The maximum Gasteiger partial charge on any atom is 0.390 e. The minimum absolute atomic E-state index is 0.160. The van der Waals surface area contributed by atoms with E-state index in [1.54, 1.807) is 0 Å². The van der Waals surface area contributed by atoms with E-state index in [0.717, 1.165) is 0 Å². The molecule has 0 bridgehead atoms. The lowest BCUT2D eigenvalue weighted by atomic mass is 10.4. The second-order valence-electron chi connectivity index (χ2n) is 1.87. The highest BCUT2D eigenvalue weighted by Gasteiger charge is 2.24. The van der Waals surface area contributed by atoms with Crippen molar-refractivity contribution >= 4 is 5.69 Å². The SMILES string of the molecule is COc1onc(C)c1[N+](=O)[O-]. The Morgan fingerprint density at radius 3 is 2.73 bits per heavy atom. The Bertz CT molecular complexity index is 280. The van der Waals surface area contributed by atoms with Crippen LogP contribution in [0.2, 0.25) is 0 Å². The van der Waals surface area contributed by atoms with E-state index in [1.807, 2.05) is 0 Å². The summed E-state index contributed by atoms with van der Waals surface area (Å²) < 4.78 is 9.05. The van der Waals surface area contributed by atoms with Gasteiger partial charge in [-0.1, -0.05) is 5.16 Å². The van der Waals surface area contributed by atoms with Crippen LogP contribution >= 0.6 is 0 Å². The molecule has 0 aromatic carbocycles. The smallest absolute Gasteiger partial charge is 0.390 e.